The summed E-state index contributed by atoms with van der Waals surface area (Å²) < 4.78 is 36.3. The number of aromatic nitrogens is 2. The van der Waals surface area contributed by atoms with E-state index in [1.807, 2.05) is 6.92 Å². The lowest BCUT2D eigenvalue weighted by Gasteiger charge is -2.18. The van der Waals surface area contributed by atoms with Gasteiger partial charge in [-0.1, -0.05) is 6.92 Å². The quantitative estimate of drug-likeness (QED) is 0.818. The Labute approximate surface area is 105 Å². The van der Waals surface area contributed by atoms with Crippen molar-refractivity contribution in [2.24, 2.45) is 0 Å². The highest BCUT2D eigenvalue weighted by Gasteiger charge is 2.26. The van der Waals surface area contributed by atoms with Crippen LogP contribution in [-0.4, -0.2) is 22.7 Å². The van der Waals surface area contributed by atoms with Crippen LogP contribution in [0.4, 0.5) is 13.2 Å². The number of hydrogen-bond donors (Lipinski definition) is 1. The normalized spacial score (nSPS) is 13.6. The van der Waals surface area contributed by atoms with Gasteiger partial charge in [0.2, 0.25) is 0 Å². The average Bonchev–Trinajstić information content (AvgIpc) is 2.33. The van der Waals surface area contributed by atoms with Crippen LogP contribution in [0.5, 0.6) is 0 Å². The van der Waals surface area contributed by atoms with Crippen molar-refractivity contribution in [1.29, 1.82) is 0 Å². The molecule has 0 aliphatic heterocycles. The second kappa shape index (κ2) is 7.31. The zero-order valence-corrected chi connectivity index (χ0v) is 10.4. The van der Waals surface area contributed by atoms with Crippen LogP contribution in [0.1, 0.15) is 44.2 Å². The summed E-state index contributed by atoms with van der Waals surface area (Å²) in [6.07, 6.45) is 1.36. The Morgan fingerprint density at radius 1 is 1.28 bits per heavy atom. The Morgan fingerprint density at radius 3 is 2.50 bits per heavy atom. The lowest BCUT2D eigenvalue weighted by Crippen LogP contribution is -2.23. The van der Waals surface area contributed by atoms with Gasteiger partial charge in [0.25, 0.3) is 0 Å². The van der Waals surface area contributed by atoms with Crippen LogP contribution in [0.15, 0.2) is 18.7 Å². The highest BCUT2D eigenvalue weighted by molar-refractivity contribution is 5.08. The van der Waals surface area contributed by atoms with Gasteiger partial charge in [-0.15, -0.1) is 0 Å². The smallest absolute Gasteiger partial charge is 0.310 e. The van der Waals surface area contributed by atoms with Crippen LogP contribution in [0.3, 0.4) is 0 Å². The van der Waals surface area contributed by atoms with E-state index in [0.717, 1.165) is 18.5 Å². The predicted molar refractivity (Wildman–Crippen MR) is 63.0 cm³/mol. The lowest BCUT2D eigenvalue weighted by atomic mass is 10.0. The van der Waals surface area contributed by atoms with Crippen LogP contribution in [0.25, 0.3) is 0 Å². The van der Waals surface area contributed by atoms with E-state index in [9.17, 15) is 13.2 Å². The van der Waals surface area contributed by atoms with E-state index in [1.165, 1.54) is 6.33 Å². The molecule has 18 heavy (non-hydrogen) atoms. The summed E-state index contributed by atoms with van der Waals surface area (Å²) in [5.74, 6) is 0. The molecule has 0 fully saturated rings. The van der Waals surface area contributed by atoms with Crippen LogP contribution in [-0.2, 0) is 0 Å². The van der Waals surface area contributed by atoms with Crippen molar-refractivity contribution >= 4 is 0 Å². The Morgan fingerprint density at radius 2 is 1.94 bits per heavy atom. The molecule has 1 aromatic rings. The number of nitrogens with one attached hydrogen (secondary N) is 1. The maximum atomic E-state index is 12.1. The molecule has 0 spiro atoms. The van der Waals surface area contributed by atoms with Gasteiger partial charge < -0.3 is 5.32 Å². The molecule has 1 rings (SSSR count). The summed E-state index contributed by atoms with van der Waals surface area (Å²) in [4.78, 5) is 7.79. The third-order valence-electron chi connectivity index (χ3n) is 2.58. The van der Waals surface area contributed by atoms with E-state index >= 15 is 0 Å². The summed E-state index contributed by atoms with van der Waals surface area (Å²) in [5.41, 5.74) is 0.841. The highest BCUT2D eigenvalue weighted by Crippen LogP contribution is 2.25. The summed E-state index contributed by atoms with van der Waals surface area (Å²) in [7, 11) is 0. The zero-order valence-electron chi connectivity index (χ0n) is 10.4. The molecule has 102 valence electrons. The maximum Gasteiger partial charge on any atom is 0.389 e. The van der Waals surface area contributed by atoms with Crippen molar-refractivity contribution in [2.75, 3.05) is 6.54 Å². The van der Waals surface area contributed by atoms with Gasteiger partial charge in [0.1, 0.15) is 6.33 Å². The molecule has 0 aliphatic carbocycles. The van der Waals surface area contributed by atoms with Crippen molar-refractivity contribution in [3.05, 3.63) is 24.3 Å². The van der Waals surface area contributed by atoms with Crippen molar-refractivity contribution < 1.29 is 13.2 Å². The first-order chi connectivity index (χ1) is 8.53. The molecule has 1 atom stereocenters. The van der Waals surface area contributed by atoms with E-state index < -0.39 is 12.6 Å². The van der Waals surface area contributed by atoms with Crippen LogP contribution in [0, 0.1) is 0 Å². The number of hydrogen-bond acceptors (Lipinski definition) is 3. The van der Waals surface area contributed by atoms with E-state index in [0.29, 0.717) is 6.42 Å². The largest absolute Gasteiger partial charge is 0.389 e. The predicted octanol–water partition coefficient (Wildman–Crippen LogP) is 3.25. The van der Waals surface area contributed by atoms with Crippen LogP contribution in [0.2, 0.25) is 0 Å². The SMILES string of the molecule is CCCNC(CCCC(F)(F)F)c1cncnc1. The Bertz CT molecular complexity index is 327. The van der Waals surface area contributed by atoms with E-state index in [4.69, 9.17) is 0 Å². The molecule has 1 heterocycles. The van der Waals surface area contributed by atoms with Crippen LogP contribution < -0.4 is 5.32 Å². The van der Waals surface area contributed by atoms with E-state index in [1.54, 1.807) is 12.4 Å². The summed E-state index contributed by atoms with van der Waals surface area (Å²) in [6, 6.07) is -0.103. The van der Waals surface area contributed by atoms with Crippen molar-refractivity contribution in [3.63, 3.8) is 0 Å². The molecule has 3 nitrogen and oxygen atoms in total. The molecule has 0 saturated carbocycles. The van der Waals surface area contributed by atoms with Gasteiger partial charge in [-0.05, 0) is 25.8 Å². The number of nitrogens with zero attached hydrogens (tertiary/aromatic N) is 2. The van der Waals surface area contributed by atoms with Gasteiger partial charge in [0, 0.05) is 30.4 Å². The first-order valence-electron chi connectivity index (χ1n) is 6.08. The summed E-state index contributed by atoms with van der Waals surface area (Å²) in [6.45, 7) is 2.78. The van der Waals surface area contributed by atoms with E-state index in [-0.39, 0.29) is 12.5 Å². The average molecular weight is 261 g/mol. The fourth-order valence-electron chi connectivity index (χ4n) is 1.70. The topological polar surface area (TPSA) is 37.8 Å². The highest BCUT2D eigenvalue weighted by atomic mass is 19.4. The molecule has 0 aliphatic rings. The molecule has 1 N–H and O–H groups in total. The van der Waals surface area contributed by atoms with Crippen molar-refractivity contribution in [2.45, 2.75) is 44.8 Å². The lowest BCUT2D eigenvalue weighted by molar-refractivity contribution is -0.135. The summed E-state index contributed by atoms with van der Waals surface area (Å²) in [5, 5.41) is 3.22. The fraction of sp³-hybridized carbons (Fsp3) is 0.667. The molecule has 0 aromatic carbocycles. The molecule has 1 aromatic heterocycles. The van der Waals surface area contributed by atoms with Gasteiger partial charge in [-0.3, -0.25) is 0 Å². The third kappa shape index (κ3) is 5.95. The molecule has 0 saturated heterocycles. The maximum absolute atomic E-state index is 12.1. The Balaban J connectivity index is 2.51. The molecular formula is C12H18F3N3. The fourth-order valence-corrected chi connectivity index (χ4v) is 1.70. The first kappa shape index (κ1) is 14.9. The molecule has 1 unspecified atom stereocenters. The first-order valence-corrected chi connectivity index (χ1v) is 6.08. The number of halogens is 3. The van der Waals surface area contributed by atoms with Crippen molar-refractivity contribution in [3.8, 4) is 0 Å². The van der Waals surface area contributed by atoms with Crippen molar-refractivity contribution in [1.82, 2.24) is 15.3 Å². The molecular weight excluding hydrogens is 243 g/mol. The summed E-state index contributed by atoms with van der Waals surface area (Å²) >= 11 is 0. The Kier molecular flexibility index (Phi) is 6.04. The number of rotatable bonds is 7. The second-order valence-electron chi connectivity index (χ2n) is 4.19. The third-order valence-corrected chi connectivity index (χ3v) is 2.58. The second-order valence-corrected chi connectivity index (χ2v) is 4.19. The monoisotopic (exact) mass is 261 g/mol. The Hall–Kier alpha value is -1.17. The van der Waals surface area contributed by atoms with Gasteiger partial charge in [-0.25, -0.2) is 9.97 Å². The minimum Gasteiger partial charge on any atom is -0.310 e. The molecule has 0 amide bonds. The van der Waals surface area contributed by atoms with Gasteiger partial charge in [0.15, 0.2) is 0 Å². The van der Waals surface area contributed by atoms with Gasteiger partial charge in [0.05, 0.1) is 0 Å². The minimum atomic E-state index is -4.08. The standard InChI is InChI=1S/C12H18F3N3/c1-2-6-18-11(4-3-5-12(13,14)15)10-7-16-9-17-8-10/h7-9,11,18H,2-6H2,1H3. The van der Waals surface area contributed by atoms with Gasteiger partial charge >= 0.3 is 6.18 Å². The van der Waals surface area contributed by atoms with Crippen LogP contribution >= 0.6 is 0 Å². The number of alkyl halides is 3. The van der Waals surface area contributed by atoms with E-state index in [2.05, 4.69) is 15.3 Å². The minimum absolute atomic E-state index is 0.103. The molecule has 6 heteroatoms. The van der Waals surface area contributed by atoms with Gasteiger partial charge in [-0.2, -0.15) is 13.2 Å². The molecule has 0 radical (unpaired) electrons. The zero-order chi connectivity index (χ0) is 13.4. The molecule has 0 bridgehead atoms.